The molecule has 1 aliphatic heterocycles. The van der Waals surface area contributed by atoms with Crippen LogP contribution in [0.4, 0.5) is 13.2 Å². The number of carbonyl (C=O) groups excluding carboxylic acids is 1. The van der Waals surface area contributed by atoms with Gasteiger partial charge in [-0.1, -0.05) is 11.6 Å². The summed E-state index contributed by atoms with van der Waals surface area (Å²) in [5.74, 6) is 0.638. The fraction of sp³-hybridized carbons (Fsp3) is 0.364. The molecule has 3 rings (SSSR count). The van der Waals surface area contributed by atoms with Crippen molar-refractivity contribution >= 4 is 23.6 Å². The van der Waals surface area contributed by atoms with Crippen LogP contribution in [0, 0.1) is 0 Å². The van der Waals surface area contributed by atoms with E-state index < -0.39 is 17.8 Å². The van der Waals surface area contributed by atoms with Gasteiger partial charge in [-0.25, -0.2) is 4.98 Å². The third kappa shape index (κ3) is 6.29. The maximum atomic E-state index is 12.6. The number of amides is 1. The van der Waals surface area contributed by atoms with Gasteiger partial charge in [0.2, 0.25) is 11.8 Å². The van der Waals surface area contributed by atoms with E-state index in [0.717, 1.165) is 12.1 Å². The van der Waals surface area contributed by atoms with Crippen LogP contribution in [-0.2, 0) is 15.7 Å². The second kappa shape index (κ2) is 10.8. The van der Waals surface area contributed by atoms with Crippen molar-refractivity contribution in [2.24, 2.45) is 0 Å². The third-order valence-corrected chi connectivity index (χ3v) is 5.24. The number of carbonyl (C=O) groups is 1. The van der Waals surface area contributed by atoms with Crippen molar-refractivity contribution in [2.45, 2.75) is 12.3 Å². The number of rotatable bonds is 7. The smallest absolute Gasteiger partial charge is 0.417 e. The third-order valence-electron chi connectivity index (χ3n) is 4.85. The van der Waals surface area contributed by atoms with Gasteiger partial charge in [0, 0.05) is 24.9 Å². The SMILES string of the molecule is COc1ccc(C=CC(=O)N2CCOC(COc3ccc(C(F)(F)F)cn3)C2)c(Cl)c1OC. The van der Waals surface area contributed by atoms with Crippen molar-refractivity contribution < 1.29 is 36.9 Å². The van der Waals surface area contributed by atoms with Crippen molar-refractivity contribution in [1.29, 1.82) is 0 Å². The van der Waals surface area contributed by atoms with E-state index in [1.807, 2.05) is 0 Å². The summed E-state index contributed by atoms with van der Waals surface area (Å²) in [4.78, 5) is 17.9. The predicted molar refractivity (Wildman–Crippen MR) is 115 cm³/mol. The molecule has 7 nitrogen and oxygen atoms in total. The van der Waals surface area contributed by atoms with Crippen molar-refractivity contribution in [3.8, 4) is 17.4 Å². The first-order valence-corrected chi connectivity index (χ1v) is 10.3. The minimum atomic E-state index is -4.46. The summed E-state index contributed by atoms with van der Waals surface area (Å²) in [5.41, 5.74) is -0.272. The van der Waals surface area contributed by atoms with Gasteiger partial charge in [-0.05, 0) is 29.8 Å². The van der Waals surface area contributed by atoms with Crippen LogP contribution in [-0.4, -0.2) is 62.4 Å². The van der Waals surface area contributed by atoms with Gasteiger partial charge in [0.25, 0.3) is 0 Å². The zero-order valence-electron chi connectivity index (χ0n) is 17.9. The van der Waals surface area contributed by atoms with Gasteiger partial charge in [0.1, 0.15) is 12.7 Å². The maximum absolute atomic E-state index is 12.6. The van der Waals surface area contributed by atoms with E-state index in [1.54, 1.807) is 23.1 Å². The lowest BCUT2D eigenvalue weighted by molar-refractivity contribution is -0.137. The molecule has 178 valence electrons. The molecule has 1 aromatic carbocycles. The Morgan fingerprint density at radius 2 is 2.06 bits per heavy atom. The van der Waals surface area contributed by atoms with Gasteiger partial charge in [-0.2, -0.15) is 13.2 Å². The molecule has 0 saturated carbocycles. The largest absolute Gasteiger partial charge is 0.493 e. The number of halogens is 4. The van der Waals surface area contributed by atoms with E-state index in [2.05, 4.69) is 4.98 Å². The summed E-state index contributed by atoms with van der Waals surface area (Å²) in [6.07, 6.45) is -1.23. The zero-order chi connectivity index (χ0) is 24.0. The van der Waals surface area contributed by atoms with Crippen LogP contribution in [0.2, 0.25) is 5.02 Å². The van der Waals surface area contributed by atoms with E-state index in [1.165, 1.54) is 20.3 Å². The first-order valence-electron chi connectivity index (χ1n) is 9.88. The molecule has 1 atom stereocenters. The van der Waals surface area contributed by atoms with Crippen LogP contribution in [0.3, 0.4) is 0 Å². The second-order valence-corrected chi connectivity index (χ2v) is 7.39. The Balaban J connectivity index is 1.57. The molecule has 0 aliphatic carbocycles. The molecule has 1 aliphatic rings. The molecule has 1 aromatic heterocycles. The Labute approximate surface area is 193 Å². The van der Waals surface area contributed by atoms with Crippen molar-refractivity contribution in [1.82, 2.24) is 9.88 Å². The molecule has 1 amide bonds. The van der Waals surface area contributed by atoms with E-state index in [0.29, 0.717) is 41.4 Å². The number of ether oxygens (including phenoxy) is 4. The quantitative estimate of drug-likeness (QED) is 0.549. The predicted octanol–water partition coefficient (Wildman–Crippen LogP) is 4.09. The standard InChI is InChI=1S/C22H22ClF3N2O5/c1-30-17-6-3-14(20(23)21(17)31-2)4-8-19(29)28-9-10-32-16(12-28)13-33-18-7-5-15(11-27-18)22(24,25)26/h3-8,11,16H,9-10,12-13H2,1-2H3. The molecular formula is C22H22ClF3N2O5. The Kier molecular flexibility index (Phi) is 8.04. The fourth-order valence-electron chi connectivity index (χ4n) is 3.13. The van der Waals surface area contributed by atoms with Crippen LogP contribution in [0.5, 0.6) is 17.4 Å². The second-order valence-electron chi connectivity index (χ2n) is 7.01. The summed E-state index contributed by atoms with van der Waals surface area (Å²) in [6.45, 7) is 0.972. The number of alkyl halides is 3. The van der Waals surface area contributed by atoms with Crippen LogP contribution < -0.4 is 14.2 Å². The number of pyridine rings is 1. The number of morpholine rings is 1. The molecule has 11 heteroatoms. The molecule has 1 saturated heterocycles. The van der Waals surface area contributed by atoms with E-state index in [9.17, 15) is 18.0 Å². The van der Waals surface area contributed by atoms with Crippen molar-refractivity contribution in [2.75, 3.05) is 40.5 Å². The number of hydrogen-bond acceptors (Lipinski definition) is 6. The van der Waals surface area contributed by atoms with Gasteiger partial charge in [0.05, 0.1) is 38.0 Å². The molecular weight excluding hydrogens is 465 g/mol. The fourth-order valence-corrected chi connectivity index (χ4v) is 3.43. The topological polar surface area (TPSA) is 70.1 Å². The summed E-state index contributed by atoms with van der Waals surface area (Å²) in [6, 6.07) is 5.43. The lowest BCUT2D eigenvalue weighted by Gasteiger charge is -2.32. The molecule has 0 radical (unpaired) electrons. The normalized spacial score (nSPS) is 16.7. The number of aromatic nitrogens is 1. The number of methoxy groups -OCH3 is 2. The highest BCUT2D eigenvalue weighted by molar-refractivity contribution is 6.33. The number of nitrogens with zero attached hydrogens (tertiary/aromatic N) is 2. The average molecular weight is 487 g/mol. The van der Waals surface area contributed by atoms with E-state index >= 15 is 0 Å². The zero-order valence-corrected chi connectivity index (χ0v) is 18.7. The first-order chi connectivity index (χ1) is 15.7. The molecule has 2 aromatic rings. The van der Waals surface area contributed by atoms with Crippen LogP contribution in [0.15, 0.2) is 36.5 Å². The maximum Gasteiger partial charge on any atom is 0.417 e. The van der Waals surface area contributed by atoms with E-state index in [4.69, 9.17) is 30.5 Å². The summed E-state index contributed by atoms with van der Waals surface area (Å²) in [7, 11) is 2.97. The number of hydrogen-bond donors (Lipinski definition) is 0. The van der Waals surface area contributed by atoms with Gasteiger partial charge < -0.3 is 23.8 Å². The highest BCUT2D eigenvalue weighted by atomic mass is 35.5. The molecule has 0 N–H and O–H groups in total. The molecule has 1 fully saturated rings. The molecule has 0 bridgehead atoms. The summed E-state index contributed by atoms with van der Waals surface area (Å²) in [5, 5.41) is 0.318. The van der Waals surface area contributed by atoms with Gasteiger partial charge in [0.15, 0.2) is 11.5 Å². The molecule has 33 heavy (non-hydrogen) atoms. The summed E-state index contributed by atoms with van der Waals surface area (Å²) >= 11 is 6.33. The van der Waals surface area contributed by atoms with Gasteiger partial charge >= 0.3 is 6.18 Å². The Bertz CT molecular complexity index is 999. The van der Waals surface area contributed by atoms with Crippen LogP contribution >= 0.6 is 11.6 Å². The minimum absolute atomic E-state index is 0.0351. The number of benzene rings is 1. The molecule has 1 unspecified atom stereocenters. The van der Waals surface area contributed by atoms with E-state index in [-0.39, 0.29) is 24.9 Å². The van der Waals surface area contributed by atoms with Crippen molar-refractivity contribution in [3.05, 3.63) is 52.7 Å². The Morgan fingerprint density at radius 1 is 1.27 bits per heavy atom. The lowest BCUT2D eigenvalue weighted by Crippen LogP contribution is -2.47. The Hall–Kier alpha value is -2.98. The first kappa shape index (κ1) is 24.7. The van der Waals surface area contributed by atoms with Gasteiger partial charge in [-0.15, -0.1) is 0 Å². The van der Waals surface area contributed by atoms with Crippen LogP contribution in [0.1, 0.15) is 11.1 Å². The lowest BCUT2D eigenvalue weighted by atomic mass is 10.1. The highest BCUT2D eigenvalue weighted by Crippen LogP contribution is 2.37. The monoisotopic (exact) mass is 486 g/mol. The molecule has 2 heterocycles. The Morgan fingerprint density at radius 3 is 2.70 bits per heavy atom. The molecule has 0 spiro atoms. The highest BCUT2D eigenvalue weighted by Gasteiger charge is 2.31. The minimum Gasteiger partial charge on any atom is -0.493 e. The van der Waals surface area contributed by atoms with Crippen molar-refractivity contribution in [3.63, 3.8) is 0 Å². The van der Waals surface area contributed by atoms with Gasteiger partial charge in [-0.3, -0.25) is 4.79 Å². The average Bonchev–Trinajstić information content (AvgIpc) is 2.81. The van der Waals surface area contributed by atoms with Crippen LogP contribution in [0.25, 0.3) is 6.08 Å². The summed E-state index contributed by atoms with van der Waals surface area (Å²) < 4.78 is 59.3.